The highest BCUT2D eigenvalue weighted by atomic mass is 16.5. The van der Waals surface area contributed by atoms with Gasteiger partial charge in [-0.15, -0.1) is 0 Å². The molecule has 0 aliphatic heterocycles. The maximum Gasteiger partial charge on any atom is 0.338 e. The maximum atomic E-state index is 12.4. The molecule has 0 amide bonds. The van der Waals surface area contributed by atoms with Crippen molar-refractivity contribution in [1.82, 2.24) is 4.98 Å². The lowest BCUT2D eigenvalue weighted by atomic mass is 10.1. The van der Waals surface area contributed by atoms with Gasteiger partial charge in [0.2, 0.25) is 5.89 Å². The van der Waals surface area contributed by atoms with E-state index >= 15 is 0 Å². The van der Waals surface area contributed by atoms with E-state index in [1.54, 1.807) is 6.07 Å². The topological polar surface area (TPSA) is 52.3 Å². The zero-order valence-corrected chi connectivity index (χ0v) is 14.5. The Bertz CT molecular complexity index is 853. The van der Waals surface area contributed by atoms with Gasteiger partial charge in [0, 0.05) is 5.56 Å². The van der Waals surface area contributed by atoms with Crippen LogP contribution in [0.15, 0.2) is 59.0 Å². The average molecular weight is 335 g/mol. The molecule has 2 aromatic carbocycles. The zero-order chi connectivity index (χ0) is 17.6. The summed E-state index contributed by atoms with van der Waals surface area (Å²) in [5, 5.41) is 0. The summed E-state index contributed by atoms with van der Waals surface area (Å²) in [5.41, 5.74) is 2.87. The molecule has 4 nitrogen and oxygen atoms in total. The van der Waals surface area contributed by atoms with Crippen molar-refractivity contribution in [3.8, 4) is 22.8 Å². The summed E-state index contributed by atoms with van der Waals surface area (Å²) in [5.74, 6) is 0.797. The molecule has 0 aliphatic rings. The van der Waals surface area contributed by atoms with Gasteiger partial charge in [0.1, 0.15) is 0 Å². The first-order valence-corrected chi connectivity index (χ1v) is 8.50. The van der Waals surface area contributed by atoms with Gasteiger partial charge in [-0.25, -0.2) is 9.78 Å². The Balaban J connectivity index is 1.94. The normalized spacial score (nSPS) is 10.6. The quantitative estimate of drug-likeness (QED) is 0.454. The minimum absolute atomic E-state index is 0.346. The van der Waals surface area contributed by atoms with Crippen LogP contribution in [0.1, 0.15) is 35.8 Å². The van der Waals surface area contributed by atoms with Crippen molar-refractivity contribution in [3.63, 3.8) is 0 Å². The van der Waals surface area contributed by atoms with Gasteiger partial charge in [-0.3, -0.25) is 0 Å². The summed E-state index contributed by atoms with van der Waals surface area (Å²) in [4.78, 5) is 16.9. The number of aryl methyl sites for hydroxylation is 1. The average Bonchev–Trinajstić information content (AvgIpc) is 3.04. The first-order valence-electron chi connectivity index (χ1n) is 8.50. The van der Waals surface area contributed by atoms with Gasteiger partial charge in [0.05, 0.1) is 23.4 Å². The smallest absolute Gasteiger partial charge is 0.338 e. The van der Waals surface area contributed by atoms with E-state index in [9.17, 15) is 4.79 Å². The van der Waals surface area contributed by atoms with Gasteiger partial charge in [0.15, 0.2) is 5.76 Å². The van der Waals surface area contributed by atoms with E-state index in [0.29, 0.717) is 29.4 Å². The number of rotatable bonds is 6. The summed E-state index contributed by atoms with van der Waals surface area (Å²) >= 11 is 0. The first kappa shape index (κ1) is 17.0. The van der Waals surface area contributed by atoms with Crippen LogP contribution in [0.4, 0.5) is 0 Å². The Labute approximate surface area is 147 Å². The highest BCUT2D eigenvalue weighted by Gasteiger charge is 2.19. The number of hydrogen-bond donors (Lipinski definition) is 0. The molecule has 1 aromatic heterocycles. The standard InChI is InChI=1S/C21H21NO3/c1-3-4-14-24-21(23)18-13-9-8-12-17(18)20-22-15(2)19(25-20)16-10-6-5-7-11-16/h5-13H,3-4,14H2,1-2H3. The van der Waals surface area contributed by atoms with Crippen molar-refractivity contribution in [1.29, 1.82) is 0 Å². The fraction of sp³-hybridized carbons (Fsp3) is 0.238. The number of aromatic nitrogens is 1. The number of ether oxygens (including phenoxy) is 1. The third kappa shape index (κ3) is 3.79. The van der Waals surface area contributed by atoms with Crippen LogP contribution in [0.5, 0.6) is 0 Å². The number of nitrogens with zero attached hydrogens (tertiary/aromatic N) is 1. The molecular weight excluding hydrogens is 314 g/mol. The highest BCUT2D eigenvalue weighted by molar-refractivity contribution is 5.96. The number of oxazole rings is 1. The second kappa shape index (κ2) is 7.79. The number of carbonyl (C=O) groups excluding carboxylic acids is 1. The SMILES string of the molecule is CCCCOC(=O)c1ccccc1-c1nc(C)c(-c2ccccc2)o1. The van der Waals surface area contributed by atoms with Crippen LogP contribution in [0, 0.1) is 6.92 Å². The molecule has 0 radical (unpaired) electrons. The minimum Gasteiger partial charge on any atom is -0.462 e. The molecule has 4 heteroatoms. The van der Waals surface area contributed by atoms with Crippen LogP contribution in [0.2, 0.25) is 0 Å². The fourth-order valence-corrected chi connectivity index (χ4v) is 2.60. The van der Waals surface area contributed by atoms with Gasteiger partial charge in [0.25, 0.3) is 0 Å². The molecule has 128 valence electrons. The molecule has 0 N–H and O–H groups in total. The monoisotopic (exact) mass is 335 g/mol. The summed E-state index contributed by atoms with van der Waals surface area (Å²) in [7, 11) is 0. The van der Waals surface area contributed by atoms with Crippen LogP contribution in [0.3, 0.4) is 0 Å². The van der Waals surface area contributed by atoms with Crippen molar-refractivity contribution < 1.29 is 13.9 Å². The second-order valence-corrected chi connectivity index (χ2v) is 5.83. The molecule has 0 atom stereocenters. The summed E-state index contributed by atoms with van der Waals surface area (Å²) < 4.78 is 11.3. The first-order chi connectivity index (χ1) is 12.2. The third-order valence-corrected chi connectivity index (χ3v) is 3.94. The van der Waals surface area contributed by atoms with E-state index in [-0.39, 0.29) is 5.97 Å². The Morgan fingerprint density at radius 2 is 1.80 bits per heavy atom. The van der Waals surface area contributed by atoms with E-state index < -0.39 is 0 Å². The van der Waals surface area contributed by atoms with Crippen LogP contribution in [-0.4, -0.2) is 17.6 Å². The predicted molar refractivity (Wildman–Crippen MR) is 97.3 cm³/mol. The molecular formula is C21H21NO3. The van der Waals surface area contributed by atoms with E-state index in [2.05, 4.69) is 11.9 Å². The van der Waals surface area contributed by atoms with Crippen molar-refractivity contribution in [2.45, 2.75) is 26.7 Å². The lowest BCUT2D eigenvalue weighted by Gasteiger charge is -2.07. The number of carbonyl (C=O) groups is 1. The molecule has 0 fully saturated rings. The Kier molecular flexibility index (Phi) is 5.29. The highest BCUT2D eigenvalue weighted by Crippen LogP contribution is 2.31. The number of hydrogen-bond acceptors (Lipinski definition) is 4. The van der Waals surface area contributed by atoms with Crippen LogP contribution in [-0.2, 0) is 4.74 Å². The maximum absolute atomic E-state index is 12.4. The molecule has 0 unspecified atom stereocenters. The van der Waals surface area contributed by atoms with Crippen molar-refractivity contribution in [2.24, 2.45) is 0 Å². The molecule has 3 aromatic rings. The molecule has 25 heavy (non-hydrogen) atoms. The van der Waals surface area contributed by atoms with Crippen LogP contribution >= 0.6 is 0 Å². The minimum atomic E-state index is -0.346. The predicted octanol–water partition coefficient (Wildman–Crippen LogP) is 5.27. The van der Waals surface area contributed by atoms with Crippen molar-refractivity contribution >= 4 is 5.97 Å². The Hall–Kier alpha value is -2.88. The van der Waals surface area contributed by atoms with Crippen LogP contribution < -0.4 is 0 Å². The lowest BCUT2D eigenvalue weighted by Crippen LogP contribution is -2.07. The van der Waals surface area contributed by atoms with Crippen molar-refractivity contribution in [2.75, 3.05) is 6.61 Å². The Morgan fingerprint density at radius 3 is 2.56 bits per heavy atom. The number of benzene rings is 2. The lowest BCUT2D eigenvalue weighted by molar-refractivity contribution is 0.0500. The van der Waals surface area contributed by atoms with E-state index in [1.165, 1.54) is 0 Å². The molecule has 1 heterocycles. The van der Waals surface area contributed by atoms with Gasteiger partial charge in [-0.05, 0) is 25.5 Å². The summed E-state index contributed by atoms with van der Waals surface area (Å²) in [6.45, 7) is 4.38. The van der Waals surface area contributed by atoms with Gasteiger partial charge in [-0.1, -0.05) is 55.8 Å². The fourth-order valence-electron chi connectivity index (χ4n) is 2.60. The van der Waals surface area contributed by atoms with E-state index in [1.807, 2.05) is 55.5 Å². The number of unbranched alkanes of at least 4 members (excludes halogenated alkanes) is 1. The van der Waals surface area contributed by atoms with Gasteiger partial charge >= 0.3 is 5.97 Å². The van der Waals surface area contributed by atoms with Crippen LogP contribution in [0.25, 0.3) is 22.8 Å². The molecule has 0 spiro atoms. The summed E-state index contributed by atoms with van der Waals surface area (Å²) in [6, 6.07) is 17.1. The van der Waals surface area contributed by atoms with E-state index in [0.717, 1.165) is 24.1 Å². The second-order valence-electron chi connectivity index (χ2n) is 5.83. The molecule has 0 saturated carbocycles. The van der Waals surface area contributed by atoms with Gasteiger partial charge in [-0.2, -0.15) is 0 Å². The third-order valence-electron chi connectivity index (χ3n) is 3.94. The molecule has 3 rings (SSSR count). The molecule has 0 aliphatic carbocycles. The van der Waals surface area contributed by atoms with Crippen molar-refractivity contribution in [3.05, 3.63) is 65.9 Å². The summed E-state index contributed by atoms with van der Waals surface area (Å²) in [6.07, 6.45) is 1.83. The molecule has 0 saturated heterocycles. The largest absolute Gasteiger partial charge is 0.462 e. The van der Waals surface area contributed by atoms with Gasteiger partial charge < -0.3 is 9.15 Å². The molecule has 0 bridgehead atoms. The zero-order valence-electron chi connectivity index (χ0n) is 14.5. The Morgan fingerprint density at radius 1 is 1.08 bits per heavy atom. The van der Waals surface area contributed by atoms with E-state index in [4.69, 9.17) is 9.15 Å². The number of esters is 1.